The molecule has 0 aliphatic heterocycles. The van der Waals surface area contributed by atoms with Gasteiger partial charge in [0.15, 0.2) is 0 Å². The predicted molar refractivity (Wildman–Crippen MR) is 87.2 cm³/mol. The van der Waals surface area contributed by atoms with E-state index in [1.807, 2.05) is 13.2 Å². The Balaban J connectivity index is 1.90. The molecule has 0 saturated heterocycles. The molecule has 0 radical (unpaired) electrons. The Morgan fingerprint density at radius 2 is 2.22 bits per heavy atom. The lowest BCUT2D eigenvalue weighted by Crippen LogP contribution is -2.47. The number of amides is 1. The van der Waals surface area contributed by atoms with Crippen LogP contribution >= 0.6 is 11.6 Å². The maximum absolute atomic E-state index is 12.7. The summed E-state index contributed by atoms with van der Waals surface area (Å²) in [5, 5.41) is 17.7. The minimum absolute atomic E-state index is 0.0424. The van der Waals surface area contributed by atoms with Crippen molar-refractivity contribution in [2.75, 3.05) is 6.61 Å². The quantitative estimate of drug-likeness (QED) is 0.877. The first-order valence-electron chi connectivity index (χ1n) is 7.67. The second kappa shape index (κ2) is 6.02. The van der Waals surface area contributed by atoms with E-state index in [0.29, 0.717) is 10.7 Å². The molecule has 0 unspecified atom stereocenters. The fourth-order valence-electron chi connectivity index (χ4n) is 3.30. The average Bonchev–Trinajstić information content (AvgIpc) is 3.02. The maximum atomic E-state index is 12.7. The molecule has 2 aromatic rings. The highest BCUT2D eigenvalue weighted by molar-refractivity contribution is 6.31. The number of aryl methyl sites for hydroxylation is 2. The molecule has 1 aliphatic rings. The third-order valence-corrected chi connectivity index (χ3v) is 5.02. The van der Waals surface area contributed by atoms with Gasteiger partial charge in [0, 0.05) is 37.5 Å². The van der Waals surface area contributed by atoms with Gasteiger partial charge >= 0.3 is 0 Å². The Kier molecular flexibility index (Phi) is 4.21. The van der Waals surface area contributed by atoms with Gasteiger partial charge in [0.2, 0.25) is 0 Å². The van der Waals surface area contributed by atoms with E-state index in [1.165, 1.54) is 0 Å². The lowest BCUT2D eigenvalue weighted by Gasteiger charge is -2.46. The van der Waals surface area contributed by atoms with Gasteiger partial charge in [0.1, 0.15) is 5.69 Å². The van der Waals surface area contributed by atoms with Crippen molar-refractivity contribution in [1.82, 2.24) is 19.7 Å². The third kappa shape index (κ3) is 2.88. The Morgan fingerprint density at radius 3 is 2.65 bits per heavy atom. The SMILES string of the molecule is Cn1cc([C@H](NC(=O)c2cc(Cl)cn2C)C2(CO)CCC2)cn1. The van der Waals surface area contributed by atoms with Crippen molar-refractivity contribution >= 4 is 17.5 Å². The molecular weight excluding hydrogens is 316 g/mol. The molecule has 7 heteroatoms. The van der Waals surface area contributed by atoms with Crippen LogP contribution in [0.1, 0.15) is 41.4 Å². The number of hydrogen-bond acceptors (Lipinski definition) is 3. The summed E-state index contributed by atoms with van der Waals surface area (Å²) in [7, 11) is 3.62. The lowest BCUT2D eigenvalue weighted by molar-refractivity contribution is 0.00586. The Morgan fingerprint density at radius 1 is 1.48 bits per heavy atom. The Hall–Kier alpha value is -1.79. The van der Waals surface area contributed by atoms with E-state index in [9.17, 15) is 9.90 Å². The van der Waals surface area contributed by atoms with Crippen LogP contribution in [0.5, 0.6) is 0 Å². The van der Waals surface area contributed by atoms with Crippen LogP contribution in [0.25, 0.3) is 0 Å². The van der Waals surface area contributed by atoms with E-state index in [1.54, 1.807) is 34.8 Å². The predicted octanol–water partition coefficient (Wildman–Crippen LogP) is 2.05. The number of nitrogens with one attached hydrogen (secondary N) is 1. The average molecular weight is 337 g/mol. The summed E-state index contributed by atoms with van der Waals surface area (Å²) < 4.78 is 3.40. The van der Waals surface area contributed by atoms with E-state index in [4.69, 9.17) is 11.6 Å². The Labute approximate surface area is 140 Å². The van der Waals surface area contributed by atoms with Crippen molar-refractivity contribution in [2.45, 2.75) is 25.3 Å². The number of rotatable bonds is 5. The van der Waals surface area contributed by atoms with Crippen LogP contribution in [0.2, 0.25) is 5.02 Å². The van der Waals surface area contributed by atoms with Gasteiger partial charge in [-0.2, -0.15) is 5.10 Å². The zero-order chi connectivity index (χ0) is 16.6. The molecule has 1 saturated carbocycles. The lowest BCUT2D eigenvalue weighted by atomic mass is 9.63. The third-order valence-electron chi connectivity index (χ3n) is 4.81. The van der Waals surface area contributed by atoms with Gasteiger partial charge < -0.3 is 15.0 Å². The van der Waals surface area contributed by atoms with E-state index < -0.39 is 0 Å². The maximum Gasteiger partial charge on any atom is 0.268 e. The van der Waals surface area contributed by atoms with Gasteiger partial charge in [-0.25, -0.2) is 0 Å². The van der Waals surface area contributed by atoms with Crippen LogP contribution in [0.4, 0.5) is 0 Å². The first-order chi connectivity index (χ1) is 10.9. The smallest absolute Gasteiger partial charge is 0.268 e. The first-order valence-corrected chi connectivity index (χ1v) is 8.05. The minimum Gasteiger partial charge on any atom is -0.396 e. The van der Waals surface area contributed by atoms with Crippen molar-refractivity contribution in [3.8, 4) is 0 Å². The molecule has 124 valence electrons. The number of aromatic nitrogens is 3. The largest absolute Gasteiger partial charge is 0.396 e. The summed E-state index contributed by atoms with van der Waals surface area (Å²) in [5.74, 6) is -0.201. The van der Waals surface area contributed by atoms with Crippen LogP contribution < -0.4 is 5.32 Å². The van der Waals surface area contributed by atoms with E-state index in [0.717, 1.165) is 24.8 Å². The molecule has 2 N–H and O–H groups in total. The molecule has 1 amide bonds. The van der Waals surface area contributed by atoms with Crippen LogP contribution in [0.3, 0.4) is 0 Å². The number of hydrogen-bond donors (Lipinski definition) is 2. The van der Waals surface area contributed by atoms with Crippen LogP contribution in [-0.2, 0) is 14.1 Å². The second-order valence-corrected chi connectivity index (χ2v) is 6.82. The summed E-state index contributed by atoms with van der Waals surface area (Å²) in [6.45, 7) is 0.0424. The zero-order valence-electron chi connectivity index (χ0n) is 13.3. The van der Waals surface area contributed by atoms with Gasteiger partial charge in [-0.05, 0) is 18.9 Å². The summed E-state index contributed by atoms with van der Waals surface area (Å²) in [6, 6.07) is 1.37. The molecule has 0 aromatic carbocycles. The molecule has 2 aromatic heterocycles. The highest BCUT2D eigenvalue weighted by Crippen LogP contribution is 2.49. The molecule has 6 nitrogen and oxygen atoms in total. The molecule has 1 atom stereocenters. The summed E-state index contributed by atoms with van der Waals surface area (Å²) in [5.41, 5.74) is 1.10. The number of aliphatic hydroxyl groups is 1. The minimum atomic E-state index is -0.312. The van der Waals surface area contributed by atoms with Gasteiger partial charge in [-0.1, -0.05) is 18.0 Å². The highest BCUT2D eigenvalue weighted by Gasteiger charge is 2.45. The number of carbonyl (C=O) groups is 1. The van der Waals surface area contributed by atoms with Crippen LogP contribution in [-0.4, -0.2) is 32.0 Å². The monoisotopic (exact) mass is 336 g/mol. The summed E-state index contributed by atoms with van der Waals surface area (Å²) in [4.78, 5) is 12.7. The van der Waals surface area contributed by atoms with Crippen molar-refractivity contribution in [2.24, 2.45) is 19.5 Å². The van der Waals surface area contributed by atoms with E-state index >= 15 is 0 Å². The summed E-state index contributed by atoms with van der Waals surface area (Å²) in [6.07, 6.45) is 8.16. The van der Waals surface area contributed by atoms with Gasteiger partial charge in [0.25, 0.3) is 5.91 Å². The van der Waals surface area contributed by atoms with Gasteiger partial charge in [-0.15, -0.1) is 0 Å². The Bertz CT molecular complexity index is 712. The topological polar surface area (TPSA) is 72.1 Å². The van der Waals surface area contributed by atoms with E-state index in [-0.39, 0.29) is 24.0 Å². The fourth-order valence-corrected chi connectivity index (χ4v) is 3.55. The number of halogens is 1. The number of aliphatic hydroxyl groups excluding tert-OH is 1. The molecular formula is C16H21ClN4O2. The highest BCUT2D eigenvalue weighted by atomic mass is 35.5. The number of carbonyl (C=O) groups excluding carboxylic acids is 1. The molecule has 23 heavy (non-hydrogen) atoms. The zero-order valence-corrected chi connectivity index (χ0v) is 14.0. The fraction of sp³-hybridized carbons (Fsp3) is 0.500. The van der Waals surface area contributed by atoms with Crippen molar-refractivity contribution in [3.63, 3.8) is 0 Å². The van der Waals surface area contributed by atoms with Crippen LogP contribution in [0.15, 0.2) is 24.7 Å². The van der Waals surface area contributed by atoms with Crippen molar-refractivity contribution < 1.29 is 9.90 Å². The van der Waals surface area contributed by atoms with Gasteiger partial charge in [-0.3, -0.25) is 9.48 Å². The molecule has 1 aliphatic carbocycles. The standard InChI is InChI=1S/C16H21ClN4O2/c1-20-9-12(17)6-13(20)15(23)19-14(11-7-18-21(2)8-11)16(10-22)4-3-5-16/h6-9,14,22H,3-5,10H2,1-2H3,(H,19,23)/t14-/m0/s1. The summed E-state index contributed by atoms with van der Waals surface area (Å²) >= 11 is 5.97. The van der Waals surface area contributed by atoms with Crippen molar-refractivity contribution in [1.29, 1.82) is 0 Å². The number of nitrogens with zero attached hydrogens (tertiary/aromatic N) is 3. The molecule has 1 fully saturated rings. The second-order valence-electron chi connectivity index (χ2n) is 6.38. The van der Waals surface area contributed by atoms with Crippen LogP contribution in [0, 0.1) is 5.41 Å². The van der Waals surface area contributed by atoms with Crippen molar-refractivity contribution in [3.05, 3.63) is 40.9 Å². The molecule has 0 spiro atoms. The van der Waals surface area contributed by atoms with E-state index in [2.05, 4.69) is 10.4 Å². The molecule has 0 bridgehead atoms. The first kappa shape index (κ1) is 16.1. The normalized spacial score (nSPS) is 17.6. The van der Waals surface area contributed by atoms with Gasteiger partial charge in [0.05, 0.1) is 23.9 Å². The molecule has 2 heterocycles. The molecule has 3 rings (SSSR count).